The van der Waals surface area contributed by atoms with E-state index >= 15 is 0 Å². The maximum atomic E-state index is 11.1. The van der Waals surface area contributed by atoms with Crippen molar-refractivity contribution in [2.45, 2.75) is 33.2 Å². The van der Waals surface area contributed by atoms with Crippen LogP contribution in [0.2, 0.25) is 0 Å². The summed E-state index contributed by atoms with van der Waals surface area (Å²) in [4.78, 5) is 13.7. The summed E-state index contributed by atoms with van der Waals surface area (Å²) in [7, 11) is 0. The molecule has 1 aromatic carbocycles. The zero-order chi connectivity index (χ0) is 15.2. The van der Waals surface area contributed by atoms with Crippen molar-refractivity contribution in [1.29, 1.82) is 0 Å². The van der Waals surface area contributed by atoms with Crippen molar-refractivity contribution in [2.75, 3.05) is 26.2 Å². The lowest BCUT2D eigenvalue weighted by atomic mass is 10.0. The molecule has 1 amide bonds. The van der Waals surface area contributed by atoms with E-state index in [-0.39, 0.29) is 5.91 Å². The smallest absolute Gasteiger partial charge is 0.248 e. The molecule has 21 heavy (non-hydrogen) atoms. The number of likely N-dealkylation sites (tertiary alicyclic amines) is 1. The second-order valence-electron chi connectivity index (χ2n) is 6.25. The number of amides is 1. The Hall–Kier alpha value is -1.39. The van der Waals surface area contributed by atoms with Gasteiger partial charge in [0.25, 0.3) is 0 Å². The van der Waals surface area contributed by atoms with E-state index in [4.69, 9.17) is 5.73 Å². The highest BCUT2D eigenvalue weighted by Crippen LogP contribution is 2.12. The Morgan fingerprint density at radius 2 is 2.10 bits per heavy atom. The number of carbonyl (C=O) groups excluding carboxylic acids is 1. The Kier molecular flexibility index (Phi) is 5.76. The van der Waals surface area contributed by atoms with Gasteiger partial charge in [-0.1, -0.05) is 13.0 Å². The minimum atomic E-state index is -0.364. The van der Waals surface area contributed by atoms with Crippen LogP contribution in [0.25, 0.3) is 0 Å². The molecular formula is C17H27N3O. The van der Waals surface area contributed by atoms with Crippen LogP contribution in [0.5, 0.6) is 0 Å². The maximum Gasteiger partial charge on any atom is 0.248 e. The number of hydrogen-bond acceptors (Lipinski definition) is 3. The first-order valence-corrected chi connectivity index (χ1v) is 7.88. The van der Waals surface area contributed by atoms with Crippen LogP contribution in [0.4, 0.5) is 0 Å². The van der Waals surface area contributed by atoms with Gasteiger partial charge in [0.15, 0.2) is 0 Å². The quantitative estimate of drug-likeness (QED) is 0.806. The molecule has 1 saturated heterocycles. The van der Waals surface area contributed by atoms with Crippen LogP contribution in [0, 0.1) is 12.8 Å². The largest absolute Gasteiger partial charge is 0.366 e. The number of nitrogens with one attached hydrogen (secondary N) is 1. The van der Waals surface area contributed by atoms with Gasteiger partial charge >= 0.3 is 0 Å². The van der Waals surface area contributed by atoms with E-state index < -0.39 is 0 Å². The molecule has 1 aliphatic rings. The molecule has 1 fully saturated rings. The average Bonchev–Trinajstić information content (AvgIpc) is 2.93. The van der Waals surface area contributed by atoms with Crippen molar-refractivity contribution in [3.05, 3.63) is 34.9 Å². The van der Waals surface area contributed by atoms with E-state index in [0.717, 1.165) is 18.7 Å². The monoisotopic (exact) mass is 289 g/mol. The number of hydrogen-bond donors (Lipinski definition) is 2. The normalized spacial score (nSPS) is 17.0. The SMILES string of the molecule is Cc1cc(C(N)=O)ccc1CNCC(C)CN1CCCC1. The maximum absolute atomic E-state index is 11.1. The van der Waals surface area contributed by atoms with Gasteiger partial charge in [-0.2, -0.15) is 0 Å². The number of aryl methyl sites for hydroxylation is 1. The van der Waals surface area contributed by atoms with E-state index in [1.165, 1.54) is 38.0 Å². The van der Waals surface area contributed by atoms with Gasteiger partial charge in [0.1, 0.15) is 0 Å². The van der Waals surface area contributed by atoms with Gasteiger partial charge in [-0.05, 0) is 68.6 Å². The lowest BCUT2D eigenvalue weighted by Crippen LogP contribution is -2.31. The van der Waals surface area contributed by atoms with E-state index in [9.17, 15) is 4.79 Å². The molecule has 0 spiro atoms. The summed E-state index contributed by atoms with van der Waals surface area (Å²) >= 11 is 0. The third-order valence-electron chi connectivity index (χ3n) is 4.20. The molecule has 1 atom stereocenters. The molecule has 1 heterocycles. The second-order valence-corrected chi connectivity index (χ2v) is 6.25. The van der Waals surface area contributed by atoms with Gasteiger partial charge in [-0.3, -0.25) is 4.79 Å². The molecule has 1 aromatic rings. The number of nitrogens with zero attached hydrogens (tertiary/aromatic N) is 1. The first-order valence-electron chi connectivity index (χ1n) is 7.88. The zero-order valence-corrected chi connectivity index (χ0v) is 13.2. The van der Waals surface area contributed by atoms with E-state index in [1.54, 1.807) is 6.07 Å². The number of nitrogens with two attached hydrogens (primary N) is 1. The Morgan fingerprint density at radius 1 is 1.38 bits per heavy atom. The minimum absolute atomic E-state index is 0.364. The van der Waals surface area contributed by atoms with Gasteiger partial charge in [0.2, 0.25) is 5.91 Å². The van der Waals surface area contributed by atoms with Crippen molar-refractivity contribution in [3.8, 4) is 0 Å². The molecule has 0 bridgehead atoms. The van der Waals surface area contributed by atoms with Gasteiger partial charge in [-0.25, -0.2) is 0 Å². The van der Waals surface area contributed by atoms with Gasteiger partial charge < -0.3 is 16.0 Å². The molecule has 1 aliphatic heterocycles. The van der Waals surface area contributed by atoms with Gasteiger partial charge in [0.05, 0.1) is 0 Å². The van der Waals surface area contributed by atoms with Crippen molar-refractivity contribution < 1.29 is 4.79 Å². The van der Waals surface area contributed by atoms with E-state index in [1.807, 2.05) is 19.1 Å². The van der Waals surface area contributed by atoms with Crippen LogP contribution in [0.3, 0.4) is 0 Å². The summed E-state index contributed by atoms with van der Waals surface area (Å²) < 4.78 is 0. The van der Waals surface area contributed by atoms with Crippen LogP contribution in [-0.2, 0) is 6.54 Å². The van der Waals surface area contributed by atoms with Crippen LogP contribution in [0.1, 0.15) is 41.3 Å². The predicted molar refractivity (Wildman–Crippen MR) is 86.2 cm³/mol. The number of primary amides is 1. The topological polar surface area (TPSA) is 58.4 Å². The van der Waals surface area contributed by atoms with Gasteiger partial charge in [-0.15, -0.1) is 0 Å². The summed E-state index contributed by atoms with van der Waals surface area (Å²) in [5, 5.41) is 3.52. The predicted octanol–water partition coefficient (Wildman–Crippen LogP) is 1.92. The number of rotatable bonds is 7. The third kappa shape index (κ3) is 4.83. The fraction of sp³-hybridized carbons (Fsp3) is 0.588. The summed E-state index contributed by atoms with van der Waals surface area (Å²) in [5.74, 6) is 0.296. The van der Waals surface area contributed by atoms with Crippen molar-refractivity contribution in [2.24, 2.45) is 11.7 Å². The standard InChI is InChI=1S/C17H27N3O/c1-13(12-20-7-3-4-8-20)10-19-11-16-6-5-15(17(18)21)9-14(16)2/h5-6,9,13,19H,3-4,7-8,10-12H2,1-2H3,(H2,18,21). The first-order chi connectivity index (χ1) is 10.1. The van der Waals surface area contributed by atoms with Crippen LogP contribution >= 0.6 is 0 Å². The van der Waals surface area contributed by atoms with Gasteiger partial charge in [0, 0.05) is 18.7 Å². The Morgan fingerprint density at radius 3 is 2.71 bits per heavy atom. The van der Waals surface area contributed by atoms with Crippen LogP contribution < -0.4 is 11.1 Å². The molecule has 0 saturated carbocycles. The molecule has 0 aromatic heterocycles. The summed E-state index contributed by atoms with van der Waals surface area (Å²) in [6.07, 6.45) is 2.71. The lowest BCUT2D eigenvalue weighted by molar-refractivity contribution is 0.1000. The highest BCUT2D eigenvalue weighted by atomic mass is 16.1. The molecule has 3 N–H and O–H groups in total. The molecule has 0 radical (unpaired) electrons. The number of carbonyl (C=O) groups is 1. The zero-order valence-electron chi connectivity index (χ0n) is 13.2. The summed E-state index contributed by atoms with van der Waals surface area (Å²) in [5.41, 5.74) is 8.22. The van der Waals surface area contributed by atoms with Crippen molar-refractivity contribution in [1.82, 2.24) is 10.2 Å². The van der Waals surface area contributed by atoms with Crippen LogP contribution in [-0.4, -0.2) is 37.0 Å². The first kappa shape index (κ1) is 16.0. The van der Waals surface area contributed by atoms with E-state index in [0.29, 0.717) is 11.5 Å². The fourth-order valence-electron chi connectivity index (χ4n) is 2.97. The average molecular weight is 289 g/mol. The molecule has 4 heteroatoms. The van der Waals surface area contributed by atoms with E-state index in [2.05, 4.69) is 17.1 Å². The Labute approximate surface area is 127 Å². The van der Waals surface area contributed by atoms with Crippen LogP contribution in [0.15, 0.2) is 18.2 Å². The Bertz CT molecular complexity index is 481. The molecule has 4 nitrogen and oxygen atoms in total. The molecule has 0 aliphatic carbocycles. The fourth-order valence-corrected chi connectivity index (χ4v) is 2.97. The Balaban J connectivity index is 1.76. The summed E-state index contributed by atoms with van der Waals surface area (Å²) in [6, 6.07) is 5.67. The molecule has 116 valence electrons. The highest BCUT2D eigenvalue weighted by molar-refractivity contribution is 5.93. The molecule has 2 rings (SSSR count). The summed E-state index contributed by atoms with van der Waals surface area (Å²) in [6.45, 7) is 9.90. The third-order valence-corrected chi connectivity index (χ3v) is 4.20. The second kappa shape index (κ2) is 7.57. The van der Waals surface area contributed by atoms with Crippen molar-refractivity contribution in [3.63, 3.8) is 0 Å². The molecule has 1 unspecified atom stereocenters. The highest BCUT2D eigenvalue weighted by Gasteiger charge is 2.14. The minimum Gasteiger partial charge on any atom is -0.366 e. The lowest BCUT2D eigenvalue weighted by Gasteiger charge is -2.20. The number of benzene rings is 1. The van der Waals surface area contributed by atoms with Crippen molar-refractivity contribution >= 4 is 5.91 Å². The molecular weight excluding hydrogens is 262 g/mol.